The number of hydrogen-bond acceptors (Lipinski definition) is 1. The highest BCUT2D eigenvalue weighted by molar-refractivity contribution is 5.75. The zero-order chi connectivity index (χ0) is 13.5. The van der Waals surface area contributed by atoms with E-state index in [9.17, 15) is 4.79 Å². The summed E-state index contributed by atoms with van der Waals surface area (Å²) in [4.78, 5) is 10.8. The first-order valence-corrected chi connectivity index (χ1v) is 6.57. The Morgan fingerprint density at radius 2 is 1.58 bits per heavy atom. The van der Waals surface area contributed by atoms with Gasteiger partial charge in [0.1, 0.15) is 5.78 Å². The van der Waals surface area contributed by atoms with Gasteiger partial charge in [-0.25, -0.2) is 0 Å². The predicted molar refractivity (Wildman–Crippen MR) is 80.8 cm³/mol. The fraction of sp³-hybridized carbons (Fsp3) is 0.167. The number of benzene rings is 2. The minimum atomic E-state index is 0.240. The Hall–Kier alpha value is -2.15. The van der Waals surface area contributed by atoms with Gasteiger partial charge in [-0.05, 0) is 30.0 Å². The molecule has 0 radical (unpaired) electrons. The van der Waals surface area contributed by atoms with Crippen LogP contribution in [0.5, 0.6) is 0 Å². The van der Waals surface area contributed by atoms with Crippen LogP contribution >= 0.6 is 0 Å². The van der Waals surface area contributed by atoms with Crippen LogP contribution in [0, 0.1) is 0 Å². The van der Waals surface area contributed by atoms with Gasteiger partial charge >= 0.3 is 0 Å². The molecule has 19 heavy (non-hydrogen) atoms. The molecule has 0 aliphatic carbocycles. The fourth-order valence-electron chi connectivity index (χ4n) is 1.92. The number of rotatable bonds is 5. The van der Waals surface area contributed by atoms with Crippen LogP contribution in [0.4, 0.5) is 0 Å². The lowest BCUT2D eigenvalue weighted by atomic mass is 10.0. The number of allylic oxidation sites excluding steroid dienone is 1. The second-order valence-electron chi connectivity index (χ2n) is 4.63. The summed E-state index contributed by atoms with van der Waals surface area (Å²) in [5.41, 5.74) is 3.62. The Balaban J connectivity index is 2.01. The molecule has 0 saturated heterocycles. The maximum Gasteiger partial charge on any atom is 0.130 e. The van der Waals surface area contributed by atoms with Crippen molar-refractivity contribution in [1.82, 2.24) is 0 Å². The van der Waals surface area contributed by atoms with E-state index < -0.39 is 0 Å². The number of ketones is 1. The second kappa shape index (κ2) is 6.69. The van der Waals surface area contributed by atoms with Gasteiger partial charge in [0.15, 0.2) is 0 Å². The molecule has 0 heterocycles. The van der Waals surface area contributed by atoms with Gasteiger partial charge < -0.3 is 4.79 Å². The normalized spacial score (nSPS) is 10.8. The highest BCUT2D eigenvalue weighted by Gasteiger charge is 1.95. The minimum Gasteiger partial charge on any atom is -0.300 e. The van der Waals surface area contributed by atoms with Crippen molar-refractivity contribution in [3.63, 3.8) is 0 Å². The first kappa shape index (κ1) is 13.3. The van der Waals surface area contributed by atoms with Crippen LogP contribution in [0.25, 0.3) is 17.2 Å². The molecule has 0 fully saturated rings. The molecule has 2 aromatic carbocycles. The van der Waals surface area contributed by atoms with Gasteiger partial charge in [0.05, 0.1) is 0 Å². The molecule has 1 nitrogen and oxygen atoms in total. The summed E-state index contributed by atoms with van der Waals surface area (Å²) >= 11 is 0. The van der Waals surface area contributed by atoms with Gasteiger partial charge in [0.25, 0.3) is 0 Å². The van der Waals surface area contributed by atoms with Gasteiger partial charge in [-0.15, -0.1) is 0 Å². The fourth-order valence-corrected chi connectivity index (χ4v) is 1.92. The topological polar surface area (TPSA) is 17.1 Å². The van der Waals surface area contributed by atoms with Crippen LogP contribution < -0.4 is 0 Å². The van der Waals surface area contributed by atoms with Crippen molar-refractivity contribution in [3.05, 3.63) is 66.2 Å². The molecule has 0 atom stereocenters. The maximum absolute atomic E-state index is 10.8. The first-order chi connectivity index (χ1) is 9.25. The summed E-state index contributed by atoms with van der Waals surface area (Å²) in [6.07, 6.45) is 5.56. The zero-order valence-electron chi connectivity index (χ0n) is 11.2. The second-order valence-corrected chi connectivity index (χ2v) is 4.63. The van der Waals surface area contributed by atoms with Crippen LogP contribution in [0.1, 0.15) is 25.3 Å². The van der Waals surface area contributed by atoms with Crippen molar-refractivity contribution >= 4 is 11.9 Å². The molecule has 0 unspecified atom stereocenters. The van der Waals surface area contributed by atoms with Crippen molar-refractivity contribution < 1.29 is 4.79 Å². The van der Waals surface area contributed by atoms with Crippen molar-refractivity contribution in [2.24, 2.45) is 0 Å². The van der Waals surface area contributed by atoms with E-state index >= 15 is 0 Å². The predicted octanol–water partition coefficient (Wildman–Crippen LogP) is 4.74. The average Bonchev–Trinajstić information content (AvgIpc) is 2.45. The van der Waals surface area contributed by atoms with Crippen LogP contribution in [-0.4, -0.2) is 5.78 Å². The minimum absolute atomic E-state index is 0.240. The molecule has 1 heteroatoms. The van der Waals surface area contributed by atoms with Gasteiger partial charge in [-0.1, -0.05) is 66.7 Å². The van der Waals surface area contributed by atoms with E-state index in [1.54, 1.807) is 6.92 Å². The Labute approximate surface area is 114 Å². The van der Waals surface area contributed by atoms with Gasteiger partial charge in [-0.2, -0.15) is 0 Å². The molecular formula is C18H18O. The number of carbonyl (C=O) groups excluding carboxylic acids is 1. The number of hydrogen-bond donors (Lipinski definition) is 0. The van der Waals surface area contributed by atoms with Crippen molar-refractivity contribution in [2.45, 2.75) is 19.8 Å². The quantitative estimate of drug-likeness (QED) is 0.749. The Bertz CT molecular complexity index is 550. The van der Waals surface area contributed by atoms with Gasteiger partial charge in [0.2, 0.25) is 0 Å². The summed E-state index contributed by atoms with van der Waals surface area (Å²) in [5.74, 6) is 0.240. The smallest absolute Gasteiger partial charge is 0.130 e. The lowest BCUT2D eigenvalue weighted by Crippen LogP contribution is -1.86. The van der Waals surface area contributed by atoms with Crippen molar-refractivity contribution in [1.29, 1.82) is 0 Å². The molecule has 0 bridgehead atoms. The lowest BCUT2D eigenvalue weighted by molar-refractivity contribution is -0.116. The monoisotopic (exact) mass is 250 g/mol. The van der Waals surface area contributed by atoms with Gasteiger partial charge in [0, 0.05) is 6.42 Å². The molecule has 96 valence electrons. The molecule has 0 saturated carbocycles. The molecule has 2 aromatic rings. The summed E-state index contributed by atoms with van der Waals surface area (Å²) in [5, 5.41) is 0. The number of Topliss-reactive ketones (excluding diaryl/α,β-unsaturated/α-hetero) is 1. The van der Waals surface area contributed by atoms with E-state index in [0.717, 1.165) is 6.42 Å². The largest absolute Gasteiger partial charge is 0.300 e. The Morgan fingerprint density at radius 3 is 2.21 bits per heavy atom. The van der Waals surface area contributed by atoms with Crippen LogP contribution in [0.3, 0.4) is 0 Å². The van der Waals surface area contributed by atoms with Crippen molar-refractivity contribution in [3.8, 4) is 11.1 Å². The summed E-state index contributed by atoms with van der Waals surface area (Å²) in [7, 11) is 0. The summed E-state index contributed by atoms with van der Waals surface area (Å²) in [6, 6.07) is 18.8. The highest BCUT2D eigenvalue weighted by Crippen LogP contribution is 2.19. The maximum atomic E-state index is 10.8. The van der Waals surface area contributed by atoms with E-state index in [4.69, 9.17) is 0 Å². The summed E-state index contributed by atoms with van der Waals surface area (Å²) in [6.45, 7) is 1.63. The van der Waals surface area contributed by atoms with Crippen molar-refractivity contribution in [2.75, 3.05) is 0 Å². The van der Waals surface area contributed by atoms with Gasteiger partial charge in [-0.3, -0.25) is 0 Å². The van der Waals surface area contributed by atoms with Crippen LogP contribution in [0.15, 0.2) is 60.7 Å². The van der Waals surface area contributed by atoms with E-state index in [1.165, 1.54) is 16.7 Å². The standard InChI is InChI=1S/C18H18O/c1-15(19)7-5-6-8-16-11-13-18(14-12-16)17-9-3-2-4-10-17/h2-4,6,8-14H,5,7H2,1H3/b8-6+. The zero-order valence-corrected chi connectivity index (χ0v) is 11.2. The molecule has 0 aliphatic rings. The van der Waals surface area contributed by atoms with Crippen LogP contribution in [0.2, 0.25) is 0 Å². The third kappa shape index (κ3) is 4.22. The van der Waals surface area contributed by atoms with E-state index in [-0.39, 0.29) is 5.78 Å². The highest BCUT2D eigenvalue weighted by atomic mass is 16.1. The molecule has 0 aliphatic heterocycles. The Kier molecular flexibility index (Phi) is 4.68. The van der Waals surface area contributed by atoms with E-state index in [1.807, 2.05) is 18.2 Å². The summed E-state index contributed by atoms with van der Waals surface area (Å²) < 4.78 is 0. The Morgan fingerprint density at radius 1 is 0.947 bits per heavy atom. The molecule has 0 N–H and O–H groups in total. The number of carbonyl (C=O) groups is 1. The molecule has 0 aromatic heterocycles. The third-order valence-corrected chi connectivity index (χ3v) is 2.99. The van der Waals surface area contributed by atoms with Crippen LogP contribution in [-0.2, 0) is 4.79 Å². The molecule has 0 spiro atoms. The molecule has 2 rings (SSSR count). The molecular weight excluding hydrogens is 232 g/mol. The van der Waals surface area contributed by atoms with E-state index in [2.05, 4.69) is 48.6 Å². The first-order valence-electron chi connectivity index (χ1n) is 6.57. The van der Waals surface area contributed by atoms with E-state index in [0.29, 0.717) is 6.42 Å². The molecule has 0 amide bonds. The average molecular weight is 250 g/mol. The SMILES string of the molecule is CC(=O)CC/C=C/c1ccc(-c2ccccc2)cc1. The third-order valence-electron chi connectivity index (χ3n) is 2.99. The lowest BCUT2D eigenvalue weighted by Gasteiger charge is -2.01.